The van der Waals surface area contributed by atoms with E-state index in [-0.39, 0.29) is 18.4 Å². The Morgan fingerprint density at radius 3 is 2.47 bits per heavy atom. The van der Waals surface area contributed by atoms with Crippen molar-refractivity contribution in [2.45, 2.75) is 13.8 Å². The second-order valence-electron chi connectivity index (χ2n) is 7.22. The van der Waals surface area contributed by atoms with Crippen molar-refractivity contribution in [3.05, 3.63) is 53.6 Å². The van der Waals surface area contributed by atoms with Crippen LogP contribution in [-0.2, 0) is 9.53 Å². The maximum Gasteiger partial charge on any atom is 0.258 e. The molecule has 7 heteroatoms. The zero-order chi connectivity index (χ0) is 21.5. The lowest BCUT2D eigenvalue weighted by atomic mass is 10.1. The largest absolute Gasteiger partial charge is 0.496 e. The van der Waals surface area contributed by atoms with E-state index < -0.39 is 0 Å². The number of nitrogens with zero attached hydrogens (tertiary/aromatic N) is 2. The first-order chi connectivity index (χ1) is 14.5. The van der Waals surface area contributed by atoms with Gasteiger partial charge >= 0.3 is 0 Å². The van der Waals surface area contributed by atoms with Crippen LogP contribution in [0.3, 0.4) is 0 Å². The van der Waals surface area contributed by atoms with Gasteiger partial charge in [0, 0.05) is 31.0 Å². The molecule has 160 valence electrons. The van der Waals surface area contributed by atoms with Gasteiger partial charge in [-0.1, -0.05) is 11.6 Å². The van der Waals surface area contributed by atoms with Crippen LogP contribution in [0.5, 0.6) is 5.75 Å². The van der Waals surface area contributed by atoms with E-state index in [1.165, 1.54) is 12.0 Å². The molecule has 0 aliphatic carbocycles. The number of methoxy groups -OCH3 is 1. The SMILES string of the molecule is CCN(CC(=O)Nc1ccc(N2CCOCC2)cc1)C(=O)c1cc(C)ccc1OC. The number of carbonyl (C=O) groups is 2. The van der Waals surface area contributed by atoms with E-state index in [4.69, 9.17) is 9.47 Å². The Labute approximate surface area is 177 Å². The molecule has 1 heterocycles. The number of nitrogens with one attached hydrogen (secondary N) is 1. The number of benzene rings is 2. The lowest BCUT2D eigenvalue weighted by Gasteiger charge is -2.29. The van der Waals surface area contributed by atoms with Crippen LogP contribution in [0, 0.1) is 6.92 Å². The van der Waals surface area contributed by atoms with E-state index in [0.717, 1.165) is 37.6 Å². The Kier molecular flexibility index (Phi) is 7.30. The molecule has 0 saturated carbocycles. The van der Waals surface area contributed by atoms with Crippen molar-refractivity contribution < 1.29 is 19.1 Å². The number of rotatable bonds is 7. The molecule has 0 spiro atoms. The molecular formula is C23H29N3O4. The normalized spacial score (nSPS) is 13.6. The Morgan fingerprint density at radius 2 is 1.83 bits per heavy atom. The summed E-state index contributed by atoms with van der Waals surface area (Å²) in [5.41, 5.74) is 3.23. The number of hydrogen-bond acceptors (Lipinski definition) is 5. The van der Waals surface area contributed by atoms with E-state index in [1.807, 2.05) is 44.2 Å². The number of aryl methyl sites for hydroxylation is 1. The van der Waals surface area contributed by atoms with Crippen LogP contribution in [0.2, 0.25) is 0 Å². The first-order valence-corrected chi connectivity index (χ1v) is 10.2. The Balaban J connectivity index is 1.62. The number of likely N-dealkylation sites (N-methyl/N-ethyl adjacent to an activating group) is 1. The van der Waals surface area contributed by atoms with Crippen LogP contribution in [0.1, 0.15) is 22.8 Å². The highest BCUT2D eigenvalue weighted by Crippen LogP contribution is 2.22. The minimum absolute atomic E-state index is 0.0301. The van der Waals surface area contributed by atoms with E-state index in [1.54, 1.807) is 12.1 Å². The predicted octanol–water partition coefficient (Wildman–Crippen LogP) is 2.94. The third kappa shape index (κ3) is 5.30. The number of ether oxygens (including phenoxy) is 2. The van der Waals surface area contributed by atoms with Crippen molar-refractivity contribution in [3.63, 3.8) is 0 Å². The Hall–Kier alpha value is -3.06. The van der Waals surface area contributed by atoms with Crippen molar-refractivity contribution in [1.82, 2.24) is 4.90 Å². The van der Waals surface area contributed by atoms with Gasteiger partial charge in [-0.15, -0.1) is 0 Å². The van der Waals surface area contributed by atoms with Crippen molar-refractivity contribution in [2.75, 3.05) is 56.7 Å². The molecule has 3 rings (SSSR count). The molecule has 0 bridgehead atoms. The highest BCUT2D eigenvalue weighted by Gasteiger charge is 2.21. The zero-order valence-corrected chi connectivity index (χ0v) is 17.8. The average Bonchev–Trinajstić information content (AvgIpc) is 2.78. The topological polar surface area (TPSA) is 71.1 Å². The fourth-order valence-corrected chi connectivity index (χ4v) is 3.44. The van der Waals surface area contributed by atoms with Crippen LogP contribution in [0.25, 0.3) is 0 Å². The van der Waals surface area contributed by atoms with E-state index >= 15 is 0 Å². The summed E-state index contributed by atoms with van der Waals surface area (Å²) in [5, 5.41) is 2.88. The number of anilines is 2. The van der Waals surface area contributed by atoms with Gasteiger partial charge in [-0.25, -0.2) is 0 Å². The first kappa shape index (κ1) is 21.6. The Bertz CT molecular complexity index is 877. The number of hydrogen-bond donors (Lipinski definition) is 1. The summed E-state index contributed by atoms with van der Waals surface area (Å²) in [4.78, 5) is 29.3. The molecule has 1 aliphatic heterocycles. The minimum Gasteiger partial charge on any atom is -0.496 e. The van der Waals surface area contributed by atoms with Gasteiger partial charge in [-0.3, -0.25) is 9.59 Å². The van der Waals surface area contributed by atoms with Crippen LogP contribution in [0.15, 0.2) is 42.5 Å². The minimum atomic E-state index is -0.240. The summed E-state index contributed by atoms with van der Waals surface area (Å²) in [6, 6.07) is 13.2. The fraction of sp³-hybridized carbons (Fsp3) is 0.391. The second-order valence-corrected chi connectivity index (χ2v) is 7.22. The van der Waals surface area contributed by atoms with Gasteiger partial charge in [-0.2, -0.15) is 0 Å². The molecule has 7 nitrogen and oxygen atoms in total. The maximum absolute atomic E-state index is 13.0. The highest BCUT2D eigenvalue weighted by atomic mass is 16.5. The molecule has 0 radical (unpaired) electrons. The summed E-state index contributed by atoms with van der Waals surface area (Å²) in [5.74, 6) is 0.0370. The molecule has 1 saturated heterocycles. The van der Waals surface area contributed by atoms with Gasteiger partial charge in [0.25, 0.3) is 5.91 Å². The first-order valence-electron chi connectivity index (χ1n) is 10.2. The van der Waals surface area contributed by atoms with Crippen LogP contribution >= 0.6 is 0 Å². The molecule has 1 aliphatic rings. The van der Waals surface area contributed by atoms with Crippen molar-refractivity contribution in [3.8, 4) is 5.75 Å². The van der Waals surface area contributed by atoms with Gasteiger partial charge in [0.15, 0.2) is 0 Å². The predicted molar refractivity (Wildman–Crippen MR) is 117 cm³/mol. The fourth-order valence-electron chi connectivity index (χ4n) is 3.44. The standard InChI is InChI=1S/C23H29N3O4/c1-4-25(23(28)20-15-17(2)5-10-21(20)29-3)16-22(27)24-18-6-8-19(9-7-18)26-11-13-30-14-12-26/h5-10,15H,4,11-14,16H2,1-3H3,(H,24,27). The summed E-state index contributed by atoms with van der Waals surface area (Å²) in [6.07, 6.45) is 0. The van der Waals surface area contributed by atoms with Gasteiger partial charge in [0.2, 0.25) is 5.91 Å². The summed E-state index contributed by atoms with van der Waals surface area (Å²) >= 11 is 0. The third-order valence-corrected chi connectivity index (χ3v) is 5.12. The summed E-state index contributed by atoms with van der Waals surface area (Å²) in [6.45, 7) is 7.33. The Morgan fingerprint density at radius 1 is 1.13 bits per heavy atom. The third-order valence-electron chi connectivity index (χ3n) is 5.12. The second kappa shape index (κ2) is 10.1. The maximum atomic E-state index is 13.0. The molecule has 2 aromatic carbocycles. The van der Waals surface area contributed by atoms with E-state index in [9.17, 15) is 9.59 Å². The zero-order valence-electron chi connectivity index (χ0n) is 17.8. The van der Waals surface area contributed by atoms with Gasteiger partial charge in [-0.05, 0) is 50.2 Å². The highest BCUT2D eigenvalue weighted by molar-refractivity contribution is 6.01. The molecule has 2 aromatic rings. The molecule has 30 heavy (non-hydrogen) atoms. The quantitative estimate of drug-likeness (QED) is 0.759. The lowest BCUT2D eigenvalue weighted by molar-refractivity contribution is -0.116. The van der Waals surface area contributed by atoms with Gasteiger partial charge in [0.1, 0.15) is 12.3 Å². The monoisotopic (exact) mass is 411 g/mol. The number of amides is 2. The summed E-state index contributed by atoms with van der Waals surface area (Å²) in [7, 11) is 1.53. The average molecular weight is 412 g/mol. The van der Waals surface area contributed by atoms with Crippen molar-refractivity contribution >= 4 is 23.2 Å². The van der Waals surface area contributed by atoms with Gasteiger partial charge in [0.05, 0.1) is 25.9 Å². The van der Waals surface area contributed by atoms with E-state index in [0.29, 0.717) is 23.5 Å². The molecule has 0 unspecified atom stereocenters. The number of morpholine rings is 1. The summed E-state index contributed by atoms with van der Waals surface area (Å²) < 4.78 is 10.7. The molecule has 1 fully saturated rings. The molecule has 0 atom stereocenters. The molecule has 1 N–H and O–H groups in total. The lowest BCUT2D eigenvalue weighted by Crippen LogP contribution is -2.38. The molecule has 2 amide bonds. The van der Waals surface area contributed by atoms with Crippen molar-refractivity contribution in [1.29, 1.82) is 0 Å². The smallest absolute Gasteiger partial charge is 0.258 e. The van der Waals surface area contributed by atoms with Crippen molar-refractivity contribution in [2.24, 2.45) is 0 Å². The van der Waals surface area contributed by atoms with Gasteiger partial charge < -0.3 is 24.6 Å². The van der Waals surface area contributed by atoms with Crippen LogP contribution < -0.4 is 15.0 Å². The van der Waals surface area contributed by atoms with Crippen LogP contribution in [-0.4, -0.2) is 63.2 Å². The number of carbonyl (C=O) groups excluding carboxylic acids is 2. The molecule has 0 aromatic heterocycles. The molecular weight excluding hydrogens is 382 g/mol. The van der Waals surface area contributed by atoms with E-state index in [2.05, 4.69) is 10.2 Å². The van der Waals surface area contributed by atoms with Crippen LogP contribution in [0.4, 0.5) is 11.4 Å².